The highest BCUT2D eigenvalue weighted by Crippen LogP contribution is 2.43. The van der Waals surface area contributed by atoms with Crippen LogP contribution < -0.4 is 5.32 Å². The van der Waals surface area contributed by atoms with E-state index in [1.54, 1.807) is 0 Å². The molecule has 17 heavy (non-hydrogen) atoms. The molecule has 1 spiro atoms. The molecule has 2 aliphatic heterocycles. The molecule has 86 valence electrons. The second kappa shape index (κ2) is 2.97. The summed E-state index contributed by atoms with van der Waals surface area (Å²) in [6.45, 7) is 0. The highest BCUT2D eigenvalue weighted by atomic mass is 16.7. The lowest BCUT2D eigenvalue weighted by Gasteiger charge is -2.19. The van der Waals surface area contributed by atoms with E-state index >= 15 is 0 Å². The number of nitrogens with one attached hydrogen (secondary N) is 1. The fraction of sp³-hybridized carbons (Fsp3) is 0.100. The number of fused-ring (bicyclic) bond motifs is 2. The summed E-state index contributed by atoms with van der Waals surface area (Å²) in [5.74, 6) is -2.11. The summed E-state index contributed by atoms with van der Waals surface area (Å²) in [5, 5.41) is 13.2. The Morgan fingerprint density at radius 2 is 2.00 bits per heavy atom. The van der Waals surface area contributed by atoms with E-state index in [0.29, 0.717) is 11.3 Å². The van der Waals surface area contributed by atoms with Gasteiger partial charge in [0, 0.05) is 12.1 Å². The maximum absolute atomic E-state index is 11.8. The van der Waals surface area contributed by atoms with Crippen LogP contribution in [0.2, 0.25) is 0 Å². The van der Waals surface area contributed by atoms with E-state index in [1.165, 1.54) is 30.7 Å². The van der Waals surface area contributed by atoms with Gasteiger partial charge in [0.15, 0.2) is 0 Å². The number of ether oxygens (including phenoxy) is 2. The smallest absolute Gasteiger partial charge is 0.361 e. The molecule has 0 bridgehead atoms. The SMILES string of the molecule is O=C1Nc2ccc([N+](=O)[O-])cc2C12OC=CO2. The maximum atomic E-state index is 11.8. The minimum atomic E-state index is -1.61. The quantitative estimate of drug-likeness (QED) is 0.582. The molecule has 1 N–H and O–H groups in total. The van der Waals surface area contributed by atoms with Gasteiger partial charge >= 0.3 is 11.7 Å². The van der Waals surface area contributed by atoms with E-state index in [9.17, 15) is 14.9 Å². The number of rotatable bonds is 1. The zero-order chi connectivity index (χ0) is 12.0. The van der Waals surface area contributed by atoms with Crippen molar-refractivity contribution in [2.45, 2.75) is 5.79 Å². The van der Waals surface area contributed by atoms with Gasteiger partial charge in [-0.3, -0.25) is 14.9 Å². The molecule has 1 aromatic carbocycles. The van der Waals surface area contributed by atoms with E-state index in [1.807, 2.05) is 0 Å². The number of nitro benzene ring substituents is 1. The Morgan fingerprint density at radius 3 is 2.65 bits per heavy atom. The fourth-order valence-corrected chi connectivity index (χ4v) is 1.86. The monoisotopic (exact) mass is 234 g/mol. The minimum Gasteiger partial charge on any atom is -0.445 e. The summed E-state index contributed by atoms with van der Waals surface area (Å²) >= 11 is 0. The first-order valence-electron chi connectivity index (χ1n) is 4.74. The number of hydrogen-bond acceptors (Lipinski definition) is 5. The first-order chi connectivity index (χ1) is 8.13. The molecular weight excluding hydrogens is 228 g/mol. The largest absolute Gasteiger partial charge is 0.445 e. The van der Waals surface area contributed by atoms with E-state index in [4.69, 9.17) is 9.47 Å². The third-order valence-electron chi connectivity index (χ3n) is 2.64. The Labute approximate surface area is 94.8 Å². The summed E-state index contributed by atoms with van der Waals surface area (Å²) in [5.41, 5.74) is 0.629. The molecule has 7 heteroatoms. The van der Waals surface area contributed by atoms with Crippen molar-refractivity contribution < 1.29 is 19.2 Å². The van der Waals surface area contributed by atoms with Crippen molar-refractivity contribution >= 4 is 17.3 Å². The molecule has 0 aliphatic carbocycles. The van der Waals surface area contributed by atoms with Crippen LogP contribution >= 0.6 is 0 Å². The van der Waals surface area contributed by atoms with Crippen molar-refractivity contribution in [3.8, 4) is 0 Å². The topological polar surface area (TPSA) is 90.7 Å². The number of amides is 1. The molecule has 1 amide bonds. The molecule has 2 aliphatic rings. The van der Waals surface area contributed by atoms with Gasteiger partial charge in [0.05, 0.1) is 16.2 Å². The van der Waals surface area contributed by atoms with Crippen molar-refractivity contribution in [3.63, 3.8) is 0 Å². The Bertz CT molecular complexity index is 558. The van der Waals surface area contributed by atoms with Gasteiger partial charge in [0.1, 0.15) is 12.5 Å². The second-order valence-corrected chi connectivity index (χ2v) is 3.57. The highest BCUT2D eigenvalue weighted by molar-refractivity contribution is 6.04. The lowest BCUT2D eigenvalue weighted by atomic mass is 10.1. The molecule has 1 aromatic rings. The van der Waals surface area contributed by atoms with Crippen molar-refractivity contribution in [1.82, 2.24) is 0 Å². The minimum absolute atomic E-state index is 0.126. The molecule has 0 saturated heterocycles. The van der Waals surface area contributed by atoms with Crippen LogP contribution in [0.3, 0.4) is 0 Å². The molecular formula is C10H6N2O5. The van der Waals surface area contributed by atoms with Gasteiger partial charge in [0.25, 0.3) is 5.69 Å². The first kappa shape index (κ1) is 9.64. The summed E-state index contributed by atoms with van der Waals surface area (Å²) in [6, 6.07) is 4.02. The van der Waals surface area contributed by atoms with E-state index in [2.05, 4.69) is 5.32 Å². The first-order valence-corrected chi connectivity index (χ1v) is 4.74. The molecule has 2 heterocycles. The summed E-state index contributed by atoms with van der Waals surface area (Å²) in [7, 11) is 0. The molecule has 0 aromatic heterocycles. The van der Waals surface area contributed by atoms with Gasteiger partial charge in [0.2, 0.25) is 0 Å². The van der Waals surface area contributed by atoms with Gasteiger partial charge in [-0.2, -0.15) is 0 Å². The highest BCUT2D eigenvalue weighted by Gasteiger charge is 2.53. The molecule has 0 saturated carbocycles. The summed E-state index contributed by atoms with van der Waals surface area (Å²) in [6.07, 6.45) is 2.46. The average molecular weight is 234 g/mol. The maximum Gasteiger partial charge on any atom is 0.361 e. The van der Waals surface area contributed by atoms with Gasteiger partial charge in [-0.25, -0.2) is 0 Å². The van der Waals surface area contributed by atoms with E-state index in [0.717, 1.165) is 0 Å². The number of nitro groups is 1. The van der Waals surface area contributed by atoms with E-state index in [-0.39, 0.29) is 5.69 Å². The Hall–Kier alpha value is -2.57. The predicted octanol–water partition coefficient (Wildman–Crippen LogP) is 1.22. The average Bonchev–Trinajstić information content (AvgIpc) is 2.88. The lowest BCUT2D eigenvalue weighted by molar-refractivity contribution is -0.385. The van der Waals surface area contributed by atoms with Gasteiger partial charge in [-0.05, 0) is 6.07 Å². The number of non-ortho nitro benzene ring substituents is 1. The molecule has 0 fully saturated rings. The third-order valence-corrected chi connectivity index (χ3v) is 2.64. The zero-order valence-corrected chi connectivity index (χ0v) is 8.38. The van der Waals surface area contributed by atoms with Crippen molar-refractivity contribution in [3.05, 3.63) is 46.4 Å². The fourth-order valence-electron chi connectivity index (χ4n) is 1.86. The number of anilines is 1. The Balaban J connectivity index is 2.16. The van der Waals surface area contributed by atoms with Crippen molar-refractivity contribution in [1.29, 1.82) is 0 Å². The van der Waals surface area contributed by atoms with Crippen LogP contribution in [0.4, 0.5) is 11.4 Å². The normalized spacial score (nSPS) is 18.5. The number of hydrogen-bond donors (Lipinski definition) is 1. The Morgan fingerprint density at radius 1 is 1.29 bits per heavy atom. The summed E-state index contributed by atoms with van der Waals surface area (Å²) < 4.78 is 10.3. The van der Waals surface area contributed by atoms with Gasteiger partial charge in [-0.1, -0.05) is 0 Å². The van der Waals surface area contributed by atoms with Crippen LogP contribution in [0.15, 0.2) is 30.7 Å². The van der Waals surface area contributed by atoms with Gasteiger partial charge in [-0.15, -0.1) is 0 Å². The van der Waals surface area contributed by atoms with Crippen LogP contribution in [0.25, 0.3) is 0 Å². The third kappa shape index (κ3) is 1.13. The number of benzene rings is 1. The Kier molecular flexibility index (Phi) is 1.68. The van der Waals surface area contributed by atoms with Crippen LogP contribution in [-0.2, 0) is 20.1 Å². The molecule has 0 unspecified atom stereocenters. The standard InChI is InChI=1S/C10H6N2O5/c13-9-10(16-3-4-17-10)7-5-6(12(14)15)1-2-8(7)11-9/h1-5H,(H,11,13). The molecule has 0 atom stereocenters. The summed E-state index contributed by atoms with van der Waals surface area (Å²) in [4.78, 5) is 21.9. The number of carbonyl (C=O) groups excluding carboxylic acids is 1. The lowest BCUT2D eigenvalue weighted by Crippen LogP contribution is -2.35. The van der Waals surface area contributed by atoms with E-state index < -0.39 is 16.6 Å². The van der Waals surface area contributed by atoms with Crippen molar-refractivity contribution in [2.24, 2.45) is 0 Å². The molecule has 3 rings (SSSR count). The van der Waals surface area contributed by atoms with Gasteiger partial charge < -0.3 is 14.8 Å². The van der Waals surface area contributed by atoms with Crippen molar-refractivity contribution in [2.75, 3.05) is 5.32 Å². The van der Waals surface area contributed by atoms with Crippen LogP contribution in [-0.4, -0.2) is 10.8 Å². The molecule has 7 nitrogen and oxygen atoms in total. The van der Waals surface area contributed by atoms with Crippen LogP contribution in [0.5, 0.6) is 0 Å². The number of carbonyl (C=O) groups is 1. The van der Waals surface area contributed by atoms with Crippen LogP contribution in [0, 0.1) is 10.1 Å². The van der Waals surface area contributed by atoms with Crippen LogP contribution in [0.1, 0.15) is 5.56 Å². The zero-order valence-electron chi connectivity index (χ0n) is 8.38. The number of nitrogens with zero attached hydrogens (tertiary/aromatic N) is 1. The second-order valence-electron chi connectivity index (χ2n) is 3.57. The molecule has 0 radical (unpaired) electrons. The predicted molar refractivity (Wildman–Crippen MR) is 54.7 cm³/mol.